The quantitative estimate of drug-likeness (QED) is 0.577. The number of ether oxygens (including phenoxy) is 1. The Labute approximate surface area is 131 Å². The van der Waals surface area contributed by atoms with Crippen LogP contribution >= 0.6 is 0 Å². The van der Waals surface area contributed by atoms with E-state index >= 15 is 0 Å². The molecule has 23 heavy (non-hydrogen) atoms. The van der Waals surface area contributed by atoms with Crippen LogP contribution in [-0.4, -0.2) is 49.8 Å². The zero-order valence-corrected chi connectivity index (χ0v) is 12.1. The first kappa shape index (κ1) is 15.6. The van der Waals surface area contributed by atoms with E-state index in [0.29, 0.717) is 5.56 Å². The van der Waals surface area contributed by atoms with Crippen LogP contribution in [0.3, 0.4) is 0 Å². The lowest BCUT2D eigenvalue weighted by atomic mass is 10.1. The van der Waals surface area contributed by atoms with Gasteiger partial charge in [0.1, 0.15) is 24.1 Å². The van der Waals surface area contributed by atoms with Gasteiger partial charge in [-0.2, -0.15) is 4.98 Å². The summed E-state index contributed by atoms with van der Waals surface area (Å²) in [6, 6.07) is 9.08. The number of nitrogens with two attached hydrogens (primary N) is 1. The van der Waals surface area contributed by atoms with Gasteiger partial charge in [0.2, 0.25) is 0 Å². The van der Waals surface area contributed by atoms with Crippen LogP contribution in [0.2, 0.25) is 0 Å². The molecular formula is C15H17N3O5. The summed E-state index contributed by atoms with van der Waals surface area (Å²) in [7, 11) is 0. The van der Waals surface area contributed by atoms with Gasteiger partial charge in [-0.3, -0.25) is 4.57 Å². The third-order valence-electron chi connectivity index (χ3n) is 3.86. The van der Waals surface area contributed by atoms with Crippen molar-refractivity contribution < 1.29 is 20.1 Å². The van der Waals surface area contributed by atoms with Crippen molar-refractivity contribution in [2.45, 2.75) is 24.5 Å². The van der Waals surface area contributed by atoms with Gasteiger partial charge in [0.25, 0.3) is 0 Å². The van der Waals surface area contributed by atoms with Crippen LogP contribution < -0.4 is 11.4 Å². The Morgan fingerprint density at radius 3 is 2.52 bits per heavy atom. The Bertz CT molecular complexity index is 749. The molecule has 8 nitrogen and oxygen atoms in total. The van der Waals surface area contributed by atoms with Gasteiger partial charge in [0.05, 0.1) is 6.61 Å². The fourth-order valence-corrected chi connectivity index (χ4v) is 2.61. The van der Waals surface area contributed by atoms with Crippen LogP contribution in [-0.2, 0) is 4.74 Å². The maximum atomic E-state index is 12.1. The minimum absolute atomic E-state index is 0.0594. The molecule has 0 unspecified atom stereocenters. The van der Waals surface area contributed by atoms with Crippen LogP contribution in [0.15, 0.2) is 41.3 Å². The van der Waals surface area contributed by atoms with E-state index in [-0.39, 0.29) is 5.82 Å². The average Bonchev–Trinajstić information content (AvgIpc) is 2.84. The van der Waals surface area contributed by atoms with Crippen LogP contribution in [0, 0.1) is 0 Å². The molecule has 0 amide bonds. The number of aliphatic hydroxyl groups is 3. The Morgan fingerprint density at radius 1 is 1.22 bits per heavy atom. The van der Waals surface area contributed by atoms with Crippen molar-refractivity contribution >= 4 is 5.82 Å². The molecule has 0 bridgehead atoms. The minimum Gasteiger partial charge on any atom is -0.394 e. The fourth-order valence-electron chi connectivity index (χ4n) is 2.61. The van der Waals surface area contributed by atoms with Crippen LogP contribution in [0.1, 0.15) is 6.23 Å². The summed E-state index contributed by atoms with van der Waals surface area (Å²) >= 11 is 0. The van der Waals surface area contributed by atoms with Crippen molar-refractivity contribution in [3.63, 3.8) is 0 Å². The largest absolute Gasteiger partial charge is 0.394 e. The number of benzene rings is 1. The van der Waals surface area contributed by atoms with E-state index in [9.17, 15) is 15.0 Å². The highest BCUT2D eigenvalue weighted by Crippen LogP contribution is 2.30. The van der Waals surface area contributed by atoms with Gasteiger partial charge in [-0.15, -0.1) is 0 Å². The van der Waals surface area contributed by atoms with Gasteiger partial charge >= 0.3 is 5.69 Å². The first-order valence-corrected chi connectivity index (χ1v) is 7.09. The molecule has 1 fully saturated rings. The molecule has 2 heterocycles. The molecule has 1 saturated heterocycles. The van der Waals surface area contributed by atoms with Gasteiger partial charge in [-0.1, -0.05) is 30.3 Å². The van der Waals surface area contributed by atoms with Crippen molar-refractivity contribution in [2.24, 2.45) is 0 Å². The summed E-state index contributed by atoms with van der Waals surface area (Å²) in [5, 5.41) is 29.0. The van der Waals surface area contributed by atoms with Crippen molar-refractivity contribution in [1.82, 2.24) is 9.55 Å². The van der Waals surface area contributed by atoms with E-state index < -0.39 is 36.8 Å². The van der Waals surface area contributed by atoms with Crippen molar-refractivity contribution in [3.8, 4) is 11.1 Å². The number of rotatable bonds is 3. The average molecular weight is 319 g/mol. The predicted octanol–water partition coefficient (Wildman–Crippen LogP) is -0.896. The van der Waals surface area contributed by atoms with Crippen molar-refractivity contribution in [1.29, 1.82) is 0 Å². The summed E-state index contributed by atoms with van der Waals surface area (Å²) in [6.45, 7) is -0.475. The van der Waals surface area contributed by atoms with E-state index in [0.717, 1.165) is 10.1 Å². The monoisotopic (exact) mass is 319 g/mol. The third kappa shape index (κ3) is 2.73. The lowest BCUT2D eigenvalue weighted by Crippen LogP contribution is -2.36. The maximum absolute atomic E-state index is 12.1. The van der Waals surface area contributed by atoms with Gasteiger partial charge in [-0.05, 0) is 5.56 Å². The molecule has 5 N–H and O–H groups in total. The third-order valence-corrected chi connectivity index (χ3v) is 3.86. The predicted molar refractivity (Wildman–Crippen MR) is 81.4 cm³/mol. The maximum Gasteiger partial charge on any atom is 0.351 e. The highest BCUT2D eigenvalue weighted by atomic mass is 16.6. The number of hydrogen-bond acceptors (Lipinski definition) is 7. The molecule has 0 spiro atoms. The Kier molecular flexibility index (Phi) is 4.14. The molecule has 0 radical (unpaired) electrons. The summed E-state index contributed by atoms with van der Waals surface area (Å²) in [6.07, 6.45) is -3.35. The Morgan fingerprint density at radius 2 is 1.91 bits per heavy atom. The van der Waals surface area contributed by atoms with Gasteiger partial charge < -0.3 is 25.8 Å². The molecular weight excluding hydrogens is 302 g/mol. The van der Waals surface area contributed by atoms with Crippen LogP contribution in [0.4, 0.5) is 5.82 Å². The highest BCUT2D eigenvalue weighted by Gasteiger charge is 2.43. The highest BCUT2D eigenvalue weighted by molar-refractivity contribution is 5.72. The van der Waals surface area contributed by atoms with Gasteiger partial charge in [0.15, 0.2) is 6.23 Å². The fraction of sp³-hybridized carbons (Fsp3) is 0.333. The number of anilines is 1. The second kappa shape index (κ2) is 6.09. The molecule has 1 aromatic carbocycles. The number of nitrogen functional groups attached to an aromatic ring is 1. The molecule has 8 heteroatoms. The second-order valence-electron chi connectivity index (χ2n) is 5.32. The summed E-state index contributed by atoms with van der Waals surface area (Å²) in [4.78, 5) is 15.8. The van der Waals surface area contributed by atoms with E-state index in [4.69, 9.17) is 15.6 Å². The standard InChI is InChI=1S/C15H17N3O5/c16-13-9(8-4-2-1-3-5-8)6-18(15(22)17-13)14-12(21)11(20)10(7-19)23-14/h1-6,10-12,14,19-21H,7H2,(H2,16,17,22)/t10-,11-,12-,14-/m1/s1. The molecule has 1 aliphatic heterocycles. The van der Waals surface area contributed by atoms with E-state index in [1.807, 2.05) is 18.2 Å². The number of hydrogen-bond donors (Lipinski definition) is 4. The van der Waals surface area contributed by atoms with E-state index in [1.54, 1.807) is 12.1 Å². The van der Waals surface area contributed by atoms with Gasteiger partial charge in [0, 0.05) is 11.8 Å². The van der Waals surface area contributed by atoms with E-state index in [1.165, 1.54) is 6.20 Å². The number of nitrogens with zero attached hydrogens (tertiary/aromatic N) is 2. The molecule has 0 saturated carbocycles. The lowest BCUT2D eigenvalue weighted by molar-refractivity contribution is -0.0548. The molecule has 1 aromatic heterocycles. The van der Waals surface area contributed by atoms with Crippen molar-refractivity contribution in [3.05, 3.63) is 47.0 Å². The summed E-state index contributed by atoms with van der Waals surface area (Å²) in [5.74, 6) is 0.0594. The van der Waals surface area contributed by atoms with Crippen LogP contribution in [0.5, 0.6) is 0 Å². The Hall–Kier alpha value is -2.26. The number of aliphatic hydroxyl groups excluding tert-OH is 3. The topological polar surface area (TPSA) is 131 Å². The zero-order chi connectivity index (χ0) is 16.6. The number of aromatic nitrogens is 2. The zero-order valence-electron chi connectivity index (χ0n) is 12.1. The minimum atomic E-state index is -1.36. The van der Waals surface area contributed by atoms with E-state index in [2.05, 4.69) is 4.98 Å². The first-order chi connectivity index (χ1) is 11.0. The SMILES string of the molecule is Nc1nc(=O)n([C@@H]2O[C@H](CO)[C@@H](O)[C@H]2O)cc1-c1ccccc1. The normalized spacial score (nSPS) is 27.3. The molecule has 2 aromatic rings. The Balaban J connectivity index is 2.06. The van der Waals surface area contributed by atoms with Gasteiger partial charge in [-0.25, -0.2) is 4.79 Å². The molecule has 3 rings (SSSR count). The molecule has 122 valence electrons. The summed E-state index contributed by atoms with van der Waals surface area (Å²) in [5.41, 5.74) is 6.36. The molecule has 4 atom stereocenters. The molecule has 1 aliphatic rings. The smallest absolute Gasteiger partial charge is 0.351 e. The second-order valence-corrected chi connectivity index (χ2v) is 5.32. The summed E-state index contributed by atoms with van der Waals surface area (Å²) < 4.78 is 6.44. The molecule has 0 aliphatic carbocycles. The van der Waals surface area contributed by atoms with Crippen LogP contribution in [0.25, 0.3) is 11.1 Å². The van der Waals surface area contributed by atoms with Crippen molar-refractivity contribution in [2.75, 3.05) is 12.3 Å². The lowest BCUT2D eigenvalue weighted by Gasteiger charge is -2.18. The first-order valence-electron chi connectivity index (χ1n) is 7.09.